The zero-order valence-electron chi connectivity index (χ0n) is 9.49. The second-order valence-corrected chi connectivity index (χ2v) is 3.60. The van der Waals surface area contributed by atoms with E-state index in [9.17, 15) is 9.59 Å². The average Bonchev–Trinajstić information content (AvgIpc) is 2.20. The molecule has 6 heteroatoms. The van der Waals surface area contributed by atoms with Gasteiger partial charge in [0.15, 0.2) is 0 Å². The fraction of sp³-hybridized carbons (Fsp3) is 0.600. The Hall–Kier alpha value is -1.56. The van der Waals surface area contributed by atoms with Gasteiger partial charge in [-0.2, -0.15) is 0 Å². The van der Waals surface area contributed by atoms with Crippen LogP contribution in [0.4, 0.5) is 4.79 Å². The minimum atomic E-state index is -0.672. The van der Waals surface area contributed by atoms with Gasteiger partial charge in [-0.25, -0.2) is 4.79 Å². The maximum Gasteiger partial charge on any atom is 0.323 e. The first-order chi connectivity index (χ1) is 7.43. The fourth-order valence-corrected chi connectivity index (χ4v) is 0.953. The fourth-order valence-electron chi connectivity index (χ4n) is 0.953. The van der Waals surface area contributed by atoms with E-state index in [-0.39, 0.29) is 6.61 Å². The van der Waals surface area contributed by atoms with E-state index < -0.39 is 18.0 Å². The van der Waals surface area contributed by atoms with E-state index in [1.54, 1.807) is 6.92 Å². The Bertz CT molecular complexity index is 266. The molecule has 0 rings (SSSR count). The first-order valence-corrected chi connectivity index (χ1v) is 5.03. The van der Waals surface area contributed by atoms with Crippen molar-refractivity contribution in [3.05, 3.63) is 12.2 Å². The molecular weight excluding hydrogens is 210 g/mol. The number of hydrogen-bond acceptors (Lipinski definition) is 4. The lowest BCUT2D eigenvalue weighted by Gasteiger charge is -2.11. The van der Waals surface area contributed by atoms with Crippen LogP contribution in [0.15, 0.2) is 12.2 Å². The van der Waals surface area contributed by atoms with Crippen molar-refractivity contribution < 1.29 is 14.3 Å². The average molecular weight is 229 g/mol. The molecule has 0 saturated carbocycles. The molecule has 0 saturated heterocycles. The minimum Gasteiger partial charge on any atom is -0.460 e. The Kier molecular flexibility index (Phi) is 6.95. The molecule has 0 aromatic carbocycles. The van der Waals surface area contributed by atoms with Crippen molar-refractivity contribution in [3.63, 3.8) is 0 Å². The smallest absolute Gasteiger partial charge is 0.323 e. The Labute approximate surface area is 95.0 Å². The van der Waals surface area contributed by atoms with E-state index in [2.05, 4.69) is 11.9 Å². The van der Waals surface area contributed by atoms with Crippen molar-refractivity contribution in [1.82, 2.24) is 5.32 Å². The highest BCUT2D eigenvalue weighted by Crippen LogP contribution is 1.98. The highest BCUT2D eigenvalue weighted by Gasteiger charge is 2.14. The molecule has 0 radical (unpaired) electrons. The number of primary amides is 1. The van der Waals surface area contributed by atoms with Crippen molar-refractivity contribution in [2.24, 2.45) is 11.5 Å². The summed E-state index contributed by atoms with van der Waals surface area (Å²) < 4.78 is 4.87. The highest BCUT2D eigenvalue weighted by atomic mass is 16.5. The molecular formula is C10H19N3O3. The molecule has 2 amide bonds. The van der Waals surface area contributed by atoms with Crippen LogP contribution in [0.2, 0.25) is 0 Å². The summed E-state index contributed by atoms with van der Waals surface area (Å²) in [5.74, 6) is -0.456. The molecule has 0 aromatic rings. The maximum absolute atomic E-state index is 11.3. The third-order valence-corrected chi connectivity index (χ3v) is 1.75. The van der Waals surface area contributed by atoms with Crippen LogP contribution in [0.25, 0.3) is 0 Å². The maximum atomic E-state index is 11.3. The Balaban J connectivity index is 3.62. The monoisotopic (exact) mass is 229 g/mol. The largest absolute Gasteiger partial charge is 0.460 e. The molecule has 0 aliphatic rings. The van der Waals surface area contributed by atoms with E-state index in [0.29, 0.717) is 19.4 Å². The zero-order valence-corrected chi connectivity index (χ0v) is 9.49. The van der Waals surface area contributed by atoms with Crippen molar-refractivity contribution >= 4 is 12.0 Å². The van der Waals surface area contributed by atoms with Gasteiger partial charge in [0.25, 0.3) is 0 Å². The van der Waals surface area contributed by atoms with Crippen LogP contribution in [-0.4, -0.2) is 31.2 Å². The normalized spacial score (nSPS) is 11.6. The van der Waals surface area contributed by atoms with Gasteiger partial charge in [0.05, 0.1) is 0 Å². The summed E-state index contributed by atoms with van der Waals surface area (Å²) in [4.78, 5) is 21.6. The molecule has 6 nitrogen and oxygen atoms in total. The highest BCUT2D eigenvalue weighted by molar-refractivity contribution is 5.75. The number of nitrogens with two attached hydrogens (primary N) is 2. The molecule has 0 fully saturated rings. The van der Waals surface area contributed by atoms with E-state index in [1.165, 1.54) is 0 Å². The van der Waals surface area contributed by atoms with Crippen molar-refractivity contribution in [2.45, 2.75) is 25.8 Å². The molecule has 0 spiro atoms. The van der Waals surface area contributed by atoms with Gasteiger partial charge >= 0.3 is 12.0 Å². The summed E-state index contributed by atoms with van der Waals surface area (Å²) in [6.07, 6.45) is 1.02. The van der Waals surface area contributed by atoms with Crippen LogP contribution in [-0.2, 0) is 9.53 Å². The van der Waals surface area contributed by atoms with Crippen molar-refractivity contribution in [2.75, 3.05) is 13.2 Å². The first-order valence-electron chi connectivity index (χ1n) is 5.03. The van der Waals surface area contributed by atoms with Gasteiger partial charge in [-0.05, 0) is 25.3 Å². The molecule has 0 unspecified atom stereocenters. The van der Waals surface area contributed by atoms with Crippen molar-refractivity contribution in [3.8, 4) is 0 Å². The first kappa shape index (κ1) is 14.4. The molecule has 16 heavy (non-hydrogen) atoms. The minimum absolute atomic E-state index is 0.187. The van der Waals surface area contributed by atoms with Crippen LogP contribution in [0.3, 0.4) is 0 Å². The number of hydrogen-bond donors (Lipinski definition) is 3. The molecule has 0 heterocycles. The topological polar surface area (TPSA) is 107 Å². The molecule has 0 aromatic heterocycles. The second kappa shape index (κ2) is 7.70. The Morgan fingerprint density at radius 1 is 1.50 bits per heavy atom. The van der Waals surface area contributed by atoms with Gasteiger partial charge in [0, 0.05) is 6.54 Å². The third kappa shape index (κ3) is 7.81. The van der Waals surface area contributed by atoms with Gasteiger partial charge in [0.2, 0.25) is 0 Å². The predicted molar refractivity (Wildman–Crippen MR) is 60.6 cm³/mol. The number of urea groups is 1. The second-order valence-electron chi connectivity index (χ2n) is 3.60. The van der Waals surface area contributed by atoms with Gasteiger partial charge < -0.3 is 21.5 Å². The van der Waals surface area contributed by atoms with E-state index >= 15 is 0 Å². The molecule has 0 aliphatic heterocycles. The number of rotatable bonds is 7. The summed E-state index contributed by atoms with van der Waals surface area (Å²) >= 11 is 0. The van der Waals surface area contributed by atoms with Gasteiger partial charge in [-0.15, -0.1) is 0 Å². The number of amides is 2. The zero-order chi connectivity index (χ0) is 12.6. The van der Waals surface area contributed by atoms with Crippen LogP contribution in [0, 0.1) is 0 Å². The van der Waals surface area contributed by atoms with Crippen LogP contribution < -0.4 is 16.8 Å². The summed E-state index contributed by atoms with van der Waals surface area (Å²) in [6, 6.07) is -1.26. The number of ether oxygens (including phenoxy) is 1. The lowest BCUT2D eigenvalue weighted by molar-refractivity contribution is -0.144. The number of carbonyl (C=O) groups excluding carboxylic acids is 2. The van der Waals surface area contributed by atoms with Crippen LogP contribution in [0.1, 0.15) is 19.8 Å². The summed E-state index contributed by atoms with van der Waals surface area (Å²) in [7, 11) is 0. The van der Waals surface area contributed by atoms with E-state index in [4.69, 9.17) is 16.2 Å². The summed E-state index contributed by atoms with van der Waals surface area (Å²) in [6.45, 7) is 5.95. The molecule has 0 bridgehead atoms. The van der Waals surface area contributed by atoms with Crippen LogP contribution in [0.5, 0.6) is 0 Å². The predicted octanol–water partition coefficient (Wildman–Crippen LogP) is -0.118. The molecule has 5 N–H and O–H groups in total. The molecule has 0 aliphatic carbocycles. The lowest BCUT2D eigenvalue weighted by atomic mass is 10.2. The SMILES string of the molecule is C=C(C)COC(=O)[C@@H](N)CCCNC(N)=O. The van der Waals surface area contributed by atoms with Crippen LogP contribution >= 0.6 is 0 Å². The van der Waals surface area contributed by atoms with Gasteiger partial charge in [-0.1, -0.05) is 6.58 Å². The quantitative estimate of drug-likeness (QED) is 0.321. The van der Waals surface area contributed by atoms with Gasteiger partial charge in [0.1, 0.15) is 12.6 Å². The number of nitrogens with one attached hydrogen (secondary N) is 1. The molecule has 92 valence electrons. The van der Waals surface area contributed by atoms with E-state index in [0.717, 1.165) is 5.57 Å². The Morgan fingerprint density at radius 3 is 2.62 bits per heavy atom. The van der Waals surface area contributed by atoms with Crippen molar-refractivity contribution in [1.29, 1.82) is 0 Å². The lowest BCUT2D eigenvalue weighted by Crippen LogP contribution is -2.35. The summed E-state index contributed by atoms with van der Waals surface area (Å²) in [5, 5.41) is 2.41. The van der Waals surface area contributed by atoms with Gasteiger partial charge in [-0.3, -0.25) is 4.79 Å². The standard InChI is InChI=1S/C10H19N3O3/c1-7(2)6-16-9(14)8(11)4-3-5-13-10(12)15/h8H,1,3-6,11H2,2H3,(H3,12,13,15)/t8-/m0/s1. The molecule has 1 atom stereocenters. The van der Waals surface area contributed by atoms with E-state index in [1.807, 2.05) is 0 Å². The summed E-state index contributed by atoms with van der Waals surface area (Å²) in [5.41, 5.74) is 11.2. The number of carbonyl (C=O) groups is 2. The number of esters is 1. The Morgan fingerprint density at radius 2 is 2.12 bits per heavy atom. The third-order valence-electron chi connectivity index (χ3n) is 1.75.